The molecule has 1 N–H and O–H groups in total. The molecule has 2 aliphatic rings. The number of nitrogens with zero attached hydrogens (tertiary/aromatic N) is 3. The fraction of sp³-hybridized carbons (Fsp3) is 0.750. The molecule has 1 aromatic heterocycles. The first-order valence-electron chi connectivity index (χ1n) is 8.36. The molecular formula is C16H26N4O2S. The van der Waals surface area contributed by atoms with Crippen molar-refractivity contribution >= 4 is 22.5 Å². The van der Waals surface area contributed by atoms with E-state index in [0.29, 0.717) is 0 Å². The molecule has 2 fully saturated rings. The van der Waals surface area contributed by atoms with Gasteiger partial charge in [-0.25, -0.2) is 9.78 Å². The van der Waals surface area contributed by atoms with Crippen molar-refractivity contribution in [2.45, 2.75) is 32.7 Å². The number of ether oxygens (including phenoxy) is 1. The van der Waals surface area contributed by atoms with Gasteiger partial charge in [-0.1, -0.05) is 0 Å². The number of carbonyl (C=O) groups excluding carboxylic acids is 1. The number of hydrogen-bond donors (Lipinski definition) is 1. The van der Waals surface area contributed by atoms with Crippen molar-refractivity contribution in [1.82, 2.24) is 15.2 Å². The molecule has 1 aromatic rings. The van der Waals surface area contributed by atoms with E-state index in [0.717, 1.165) is 57.4 Å². The summed E-state index contributed by atoms with van der Waals surface area (Å²) in [6.07, 6.45) is 3.97. The van der Waals surface area contributed by atoms with Gasteiger partial charge in [-0.2, -0.15) is 0 Å². The lowest BCUT2D eigenvalue weighted by molar-refractivity contribution is 0.0242. The molecule has 0 aliphatic carbocycles. The van der Waals surface area contributed by atoms with E-state index in [1.54, 1.807) is 11.3 Å². The van der Waals surface area contributed by atoms with Gasteiger partial charge in [0.15, 0.2) is 5.13 Å². The fourth-order valence-corrected chi connectivity index (χ4v) is 4.16. The Morgan fingerprint density at radius 2 is 2.30 bits per heavy atom. The van der Waals surface area contributed by atoms with Crippen molar-refractivity contribution in [2.24, 2.45) is 5.41 Å². The van der Waals surface area contributed by atoms with E-state index < -0.39 is 0 Å². The van der Waals surface area contributed by atoms with Crippen LogP contribution < -0.4 is 10.2 Å². The predicted octanol–water partition coefficient (Wildman–Crippen LogP) is 2.18. The predicted molar refractivity (Wildman–Crippen MR) is 92.1 cm³/mol. The summed E-state index contributed by atoms with van der Waals surface area (Å²) in [7, 11) is 0. The van der Waals surface area contributed by atoms with Crippen LogP contribution in [0, 0.1) is 5.41 Å². The highest BCUT2D eigenvalue weighted by atomic mass is 32.1. The largest absolute Gasteiger partial charge is 0.379 e. The number of likely N-dealkylation sites (tertiary alicyclic amines) is 1. The van der Waals surface area contributed by atoms with E-state index in [9.17, 15) is 4.79 Å². The van der Waals surface area contributed by atoms with E-state index in [-0.39, 0.29) is 17.5 Å². The standard InChI is InChI=1S/C16H26N4O2S/c1-13(2)18-14(21)19-6-3-4-16(10-19)11-20(7-8-22-12-16)15-17-5-9-23-15/h5,9,13H,3-4,6-8,10-12H2,1-2H3,(H,18,21)/t16-/m0/s1. The van der Waals surface area contributed by atoms with Gasteiger partial charge >= 0.3 is 6.03 Å². The molecule has 2 aliphatic heterocycles. The van der Waals surface area contributed by atoms with Crippen LogP contribution in [0.4, 0.5) is 9.93 Å². The first-order valence-corrected chi connectivity index (χ1v) is 9.24. The summed E-state index contributed by atoms with van der Waals surface area (Å²) in [6.45, 7) is 8.80. The average Bonchev–Trinajstić information content (AvgIpc) is 2.97. The molecule has 6 nitrogen and oxygen atoms in total. The lowest BCUT2D eigenvalue weighted by Gasteiger charge is -2.43. The second-order valence-electron chi connectivity index (χ2n) is 6.92. The van der Waals surface area contributed by atoms with Crippen LogP contribution in [0.3, 0.4) is 0 Å². The molecule has 0 saturated carbocycles. The first-order chi connectivity index (χ1) is 11.1. The summed E-state index contributed by atoms with van der Waals surface area (Å²) in [6, 6.07) is 0.210. The van der Waals surface area contributed by atoms with E-state index >= 15 is 0 Å². The van der Waals surface area contributed by atoms with Crippen molar-refractivity contribution in [3.8, 4) is 0 Å². The maximum atomic E-state index is 12.4. The Morgan fingerprint density at radius 3 is 3.04 bits per heavy atom. The van der Waals surface area contributed by atoms with Gasteiger partial charge in [0.2, 0.25) is 0 Å². The van der Waals surface area contributed by atoms with Crippen LogP contribution in [0.1, 0.15) is 26.7 Å². The minimum absolute atomic E-state index is 0.00867. The number of piperidine rings is 1. The van der Waals surface area contributed by atoms with Gasteiger partial charge in [0.1, 0.15) is 0 Å². The van der Waals surface area contributed by atoms with Crippen LogP contribution >= 0.6 is 11.3 Å². The number of anilines is 1. The van der Waals surface area contributed by atoms with Crippen molar-refractivity contribution in [2.75, 3.05) is 44.3 Å². The van der Waals surface area contributed by atoms with Crippen molar-refractivity contribution in [3.05, 3.63) is 11.6 Å². The SMILES string of the molecule is CC(C)NC(=O)N1CCC[C@]2(COCCN(c3nccs3)C2)C1. The highest BCUT2D eigenvalue weighted by Crippen LogP contribution is 2.35. The van der Waals surface area contributed by atoms with E-state index in [1.165, 1.54) is 0 Å². The smallest absolute Gasteiger partial charge is 0.317 e. The molecule has 128 valence electrons. The van der Waals surface area contributed by atoms with E-state index in [2.05, 4.69) is 15.2 Å². The third-order valence-electron chi connectivity index (χ3n) is 4.49. The van der Waals surface area contributed by atoms with Crippen molar-refractivity contribution in [1.29, 1.82) is 0 Å². The summed E-state index contributed by atoms with van der Waals surface area (Å²) in [4.78, 5) is 21.1. The molecule has 3 heterocycles. The molecule has 3 rings (SSSR count). The number of carbonyl (C=O) groups is 1. The summed E-state index contributed by atoms with van der Waals surface area (Å²) < 4.78 is 5.90. The van der Waals surface area contributed by atoms with E-state index in [1.807, 2.05) is 30.3 Å². The number of amides is 2. The molecule has 1 atom stereocenters. The number of hydrogen-bond acceptors (Lipinski definition) is 5. The molecule has 1 spiro atoms. The zero-order chi connectivity index (χ0) is 16.3. The zero-order valence-corrected chi connectivity index (χ0v) is 14.8. The van der Waals surface area contributed by atoms with Gasteiger partial charge in [-0.05, 0) is 26.7 Å². The van der Waals surface area contributed by atoms with Crippen LogP contribution in [-0.4, -0.2) is 61.3 Å². The van der Waals surface area contributed by atoms with E-state index in [4.69, 9.17) is 4.74 Å². The monoisotopic (exact) mass is 338 g/mol. The third-order valence-corrected chi connectivity index (χ3v) is 5.32. The third kappa shape index (κ3) is 3.95. The number of aromatic nitrogens is 1. The molecule has 2 saturated heterocycles. The summed E-state index contributed by atoms with van der Waals surface area (Å²) in [5, 5.41) is 6.08. The molecule has 23 heavy (non-hydrogen) atoms. The Bertz CT molecular complexity index is 522. The van der Waals surface area contributed by atoms with Crippen LogP contribution in [0.5, 0.6) is 0 Å². The van der Waals surface area contributed by atoms with Crippen LogP contribution in [-0.2, 0) is 4.74 Å². The Labute approximate surface area is 141 Å². The second-order valence-corrected chi connectivity index (χ2v) is 7.79. The number of urea groups is 1. The first kappa shape index (κ1) is 16.5. The minimum Gasteiger partial charge on any atom is -0.379 e. The molecule has 0 bridgehead atoms. The molecule has 2 amide bonds. The van der Waals surface area contributed by atoms with Gasteiger partial charge in [0.25, 0.3) is 0 Å². The lowest BCUT2D eigenvalue weighted by Crippen LogP contribution is -2.55. The Hall–Kier alpha value is -1.34. The van der Waals surface area contributed by atoms with Crippen molar-refractivity contribution < 1.29 is 9.53 Å². The van der Waals surface area contributed by atoms with Crippen LogP contribution in [0.2, 0.25) is 0 Å². The van der Waals surface area contributed by atoms with Gasteiger partial charge in [0, 0.05) is 49.2 Å². The molecule has 0 aromatic carbocycles. The molecule has 0 radical (unpaired) electrons. The molecule has 0 unspecified atom stereocenters. The maximum Gasteiger partial charge on any atom is 0.317 e. The number of nitrogens with one attached hydrogen (secondary N) is 1. The topological polar surface area (TPSA) is 57.7 Å². The second kappa shape index (κ2) is 7.05. The maximum absolute atomic E-state index is 12.4. The zero-order valence-electron chi connectivity index (χ0n) is 14.0. The van der Waals surface area contributed by atoms with Crippen molar-refractivity contribution in [3.63, 3.8) is 0 Å². The minimum atomic E-state index is 0.00867. The van der Waals surface area contributed by atoms with Crippen LogP contribution in [0.15, 0.2) is 11.6 Å². The summed E-state index contributed by atoms with van der Waals surface area (Å²) >= 11 is 1.67. The average molecular weight is 338 g/mol. The summed E-state index contributed by atoms with van der Waals surface area (Å²) in [5.41, 5.74) is 0.00867. The van der Waals surface area contributed by atoms with Gasteiger partial charge in [-0.15, -0.1) is 11.3 Å². The van der Waals surface area contributed by atoms with Gasteiger partial charge in [-0.3, -0.25) is 0 Å². The molecule has 7 heteroatoms. The Morgan fingerprint density at radius 1 is 1.43 bits per heavy atom. The quantitative estimate of drug-likeness (QED) is 0.898. The summed E-state index contributed by atoms with van der Waals surface area (Å²) in [5.74, 6) is 0. The van der Waals surface area contributed by atoms with Crippen LogP contribution in [0.25, 0.3) is 0 Å². The lowest BCUT2D eigenvalue weighted by atomic mass is 9.80. The molecular weight excluding hydrogens is 312 g/mol. The highest BCUT2D eigenvalue weighted by molar-refractivity contribution is 7.13. The fourth-order valence-electron chi connectivity index (χ4n) is 3.49. The normalized spacial score (nSPS) is 25.7. The van der Waals surface area contributed by atoms with Gasteiger partial charge < -0.3 is 19.9 Å². The van der Waals surface area contributed by atoms with Gasteiger partial charge in [0.05, 0.1) is 13.2 Å². The number of thiazole rings is 1. The highest BCUT2D eigenvalue weighted by Gasteiger charge is 2.40. The Kier molecular flexibility index (Phi) is 5.06. The number of rotatable bonds is 2. The Balaban J connectivity index is 1.72.